The molecule has 6 heteroatoms. The van der Waals surface area contributed by atoms with Crippen LogP contribution in [0.4, 0.5) is 0 Å². The Bertz CT molecular complexity index is 269. The van der Waals surface area contributed by atoms with Crippen LogP contribution in [0.15, 0.2) is 0 Å². The number of ether oxygens (including phenoxy) is 1. The van der Waals surface area contributed by atoms with E-state index in [1.807, 2.05) is 25.9 Å². The van der Waals surface area contributed by atoms with E-state index in [2.05, 4.69) is 0 Å². The van der Waals surface area contributed by atoms with Crippen molar-refractivity contribution in [2.24, 2.45) is 0 Å². The van der Waals surface area contributed by atoms with Crippen LogP contribution in [0.2, 0.25) is 0 Å². The maximum Gasteiger partial charge on any atom is 0.323 e. The predicted molar refractivity (Wildman–Crippen MR) is 68.5 cm³/mol. The molecule has 0 aliphatic rings. The highest BCUT2D eigenvalue weighted by Crippen LogP contribution is 2.04. The number of amides is 1. The van der Waals surface area contributed by atoms with Crippen LogP contribution in [-0.2, 0) is 14.3 Å². The first-order chi connectivity index (χ1) is 8.36. The Morgan fingerprint density at radius 3 is 2.33 bits per heavy atom. The number of methoxy groups -OCH3 is 1. The third-order valence-corrected chi connectivity index (χ3v) is 2.66. The van der Waals surface area contributed by atoms with Crippen molar-refractivity contribution in [2.75, 3.05) is 40.8 Å². The SMILES string of the molecule is COC(C)CCC(=O)N(CCN(C)C)CC(=O)O. The number of carboxylic acid groups (broad SMARTS) is 1. The predicted octanol–water partition coefficient (Wildman–Crippen LogP) is 0.276. The zero-order chi connectivity index (χ0) is 14.1. The topological polar surface area (TPSA) is 70.1 Å². The van der Waals surface area contributed by atoms with Crippen LogP contribution in [0, 0.1) is 0 Å². The van der Waals surface area contributed by atoms with E-state index in [-0.39, 0.29) is 18.6 Å². The van der Waals surface area contributed by atoms with E-state index >= 15 is 0 Å². The fourth-order valence-corrected chi connectivity index (χ4v) is 1.38. The summed E-state index contributed by atoms with van der Waals surface area (Å²) in [6, 6.07) is 0. The molecule has 0 saturated carbocycles. The van der Waals surface area contributed by atoms with Gasteiger partial charge < -0.3 is 19.6 Å². The van der Waals surface area contributed by atoms with Crippen LogP contribution < -0.4 is 0 Å². The second kappa shape index (κ2) is 8.88. The molecule has 0 heterocycles. The van der Waals surface area contributed by atoms with Crippen molar-refractivity contribution in [2.45, 2.75) is 25.9 Å². The van der Waals surface area contributed by atoms with Crippen molar-refractivity contribution in [1.82, 2.24) is 9.80 Å². The molecule has 18 heavy (non-hydrogen) atoms. The fourth-order valence-electron chi connectivity index (χ4n) is 1.38. The van der Waals surface area contributed by atoms with Crippen molar-refractivity contribution < 1.29 is 19.4 Å². The first-order valence-corrected chi connectivity index (χ1v) is 6.04. The highest BCUT2D eigenvalue weighted by Gasteiger charge is 2.17. The molecule has 106 valence electrons. The molecule has 0 aromatic rings. The molecule has 6 nitrogen and oxygen atoms in total. The molecule has 0 fully saturated rings. The highest BCUT2D eigenvalue weighted by molar-refractivity contribution is 5.81. The van der Waals surface area contributed by atoms with Gasteiger partial charge in [-0.05, 0) is 27.4 Å². The second-order valence-electron chi connectivity index (χ2n) is 4.60. The summed E-state index contributed by atoms with van der Waals surface area (Å²) in [5.41, 5.74) is 0. The lowest BCUT2D eigenvalue weighted by Crippen LogP contribution is -2.40. The minimum absolute atomic E-state index is 0.00877. The largest absolute Gasteiger partial charge is 0.480 e. The summed E-state index contributed by atoms with van der Waals surface area (Å²) in [4.78, 5) is 25.9. The lowest BCUT2D eigenvalue weighted by Gasteiger charge is -2.23. The number of carbonyl (C=O) groups is 2. The van der Waals surface area contributed by atoms with Crippen LogP contribution in [-0.4, -0.2) is 73.7 Å². The molecule has 0 aliphatic heterocycles. The first kappa shape index (κ1) is 16.9. The number of rotatable bonds is 9. The van der Waals surface area contributed by atoms with Crippen molar-refractivity contribution in [3.05, 3.63) is 0 Å². The Balaban J connectivity index is 4.26. The third kappa shape index (κ3) is 8.03. The fraction of sp³-hybridized carbons (Fsp3) is 0.833. The summed E-state index contributed by atoms with van der Waals surface area (Å²) in [6.45, 7) is 2.72. The summed E-state index contributed by atoms with van der Waals surface area (Å²) in [7, 11) is 5.36. The van der Waals surface area contributed by atoms with Gasteiger partial charge in [-0.15, -0.1) is 0 Å². The minimum Gasteiger partial charge on any atom is -0.480 e. The van der Waals surface area contributed by atoms with Crippen molar-refractivity contribution in [3.8, 4) is 0 Å². The van der Waals surface area contributed by atoms with Gasteiger partial charge in [0, 0.05) is 26.6 Å². The molecule has 0 aliphatic carbocycles. The van der Waals surface area contributed by atoms with Crippen LogP contribution in [0.25, 0.3) is 0 Å². The summed E-state index contributed by atoms with van der Waals surface area (Å²) in [5.74, 6) is -1.12. The Morgan fingerprint density at radius 1 is 1.28 bits per heavy atom. The van der Waals surface area contributed by atoms with Gasteiger partial charge in [-0.2, -0.15) is 0 Å². The quantitative estimate of drug-likeness (QED) is 0.644. The molecule has 0 radical (unpaired) electrons. The monoisotopic (exact) mass is 260 g/mol. The van der Waals surface area contributed by atoms with Gasteiger partial charge in [-0.25, -0.2) is 0 Å². The molecular formula is C12H24N2O4. The van der Waals surface area contributed by atoms with Gasteiger partial charge >= 0.3 is 5.97 Å². The van der Waals surface area contributed by atoms with Gasteiger partial charge in [0.05, 0.1) is 6.10 Å². The van der Waals surface area contributed by atoms with Gasteiger partial charge in [0.2, 0.25) is 5.91 Å². The summed E-state index contributed by atoms with van der Waals surface area (Å²) >= 11 is 0. The second-order valence-corrected chi connectivity index (χ2v) is 4.60. The average molecular weight is 260 g/mol. The normalized spacial score (nSPS) is 12.5. The molecule has 0 saturated heterocycles. The number of hydrogen-bond donors (Lipinski definition) is 1. The van der Waals surface area contributed by atoms with E-state index in [0.717, 1.165) is 0 Å². The maximum absolute atomic E-state index is 11.9. The zero-order valence-corrected chi connectivity index (χ0v) is 11.7. The smallest absolute Gasteiger partial charge is 0.323 e. The van der Waals surface area contributed by atoms with Crippen molar-refractivity contribution in [1.29, 1.82) is 0 Å². The summed E-state index contributed by atoms with van der Waals surface area (Å²) in [5, 5.41) is 8.79. The molecule has 1 amide bonds. The standard InChI is InChI=1S/C12H24N2O4/c1-10(18-4)5-6-11(15)14(9-12(16)17)8-7-13(2)3/h10H,5-9H2,1-4H3,(H,16,17). The summed E-state index contributed by atoms with van der Waals surface area (Å²) < 4.78 is 5.06. The van der Waals surface area contributed by atoms with Gasteiger partial charge in [-0.3, -0.25) is 9.59 Å². The molecule has 0 rings (SSSR count). The molecule has 0 bridgehead atoms. The number of carboxylic acids is 1. The molecule has 0 spiro atoms. The van der Waals surface area contributed by atoms with Crippen LogP contribution in [0.3, 0.4) is 0 Å². The van der Waals surface area contributed by atoms with E-state index in [1.54, 1.807) is 7.11 Å². The third-order valence-electron chi connectivity index (χ3n) is 2.66. The van der Waals surface area contributed by atoms with E-state index < -0.39 is 5.97 Å². The lowest BCUT2D eigenvalue weighted by atomic mass is 10.2. The van der Waals surface area contributed by atoms with Gasteiger partial charge in [0.15, 0.2) is 0 Å². The Kier molecular flexibility index (Phi) is 8.32. The minimum atomic E-state index is -0.984. The van der Waals surface area contributed by atoms with Gasteiger partial charge in [0.25, 0.3) is 0 Å². The molecule has 1 unspecified atom stereocenters. The average Bonchev–Trinajstić information content (AvgIpc) is 2.30. The molecule has 0 aromatic carbocycles. The van der Waals surface area contributed by atoms with E-state index in [4.69, 9.17) is 9.84 Å². The van der Waals surface area contributed by atoms with Crippen LogP contribution in [0.5, 0.6) is 0 Å². The van der Waals surface area contributed by atoms with Gasteiger partial charge in [0.1, 0.15) is 6.54 Å². The molecule has 1 N–H and O–H groups in total. The molecule has 0 aromatic heterocycles. The van der Waals surface area contributed by atoms with Crippen molar-refractivity contribution >= 4 is 11.9 Å². The van der Waals surface area contributed by atoms with E-state index in [9.17, 15) is 9.59 Å². The lowest BCUT2D eigenvalue weighted by molar-refractivity contribution is -0.144. The zero-order valence-electron chi connectivity index (χ0n) is 11.7. The number of likely N-dealkylation sites (N-methyl/N-ethyl adjacent to an activating group) is 1. The maximum atomic E-state index is 11.9. The van der Waals surface area contributed by atoms with Crippen LogP contribution in [0.1, 0.15) is 19.8 Å². The number of hydrogen-bond acceptors (Lipinski definition) is 4. The Hall–Kier alpha value is -1.14. The summed E-state index contributed by atoms with van der Waals surface area (Å²) in [6.07, 6.45) is 0.929. The number of carbonyl (C=O) groups excluding carboxylic acids is 1. The molecular weight excluding hydrogens is 236 g/mol. The van der Waals surface area contributed by atoms with Crippen LogP contribution >= 0.6 is 0 Å². The highest BCUT2D eigenvalue weighted by atomic mass is 16.5. The van der Waals surface area contributed by atoms with E-state index in [0.29, 0.717) is 25.9 Å². The van der Waals surface area contributed by atoms with Gasteiger partial charge in [-0.1, -0.05) is 0 Å². The Morgan fingerprint density at radius 2 is 1.89 bits per heavy atom. The molecule has 1 atom stereocenters. The number of aliphatic carboxylic acids is 1. The Labute approximate surface area is 109 Å². The first-order valence-electron chi connectivity index (χ1n) is 6.04. The number of nitrogens with zero attached hydrogens (tertiary/aromatic N) is 2. The van der Waals surface area contributed by atoms with E-state index in [1.165, 1.54) is 4.90 Å². The van der Waals surface area contributed by atoms with Crippen molar-refractivity contribution in [3.63, 3.8) is 0 Å².